The molecule has 0 unspecified atom stereocenters. The van der Waals surface area contributed by atoms with Gasteiger partial charge in [0.05, 0.1) is 12.7 Å². The summed E-state index contributed by atoms with van der Waals surface area (Å²) in [5, 5.41) is 3.32. The molecule has 1 aromatic carbocycles. The van der Waals surface area contributed by atoms with Crippen LogP contribution >= 0.6 is 0 Å². The number of ether oxygens (including phenoxy) is 1. The van der Waals surface area contributed by atoms with Gasteiger partial charge in [-0.05, 0) is 50.9 Å². The Morgan fingerprint density at radius 2 is 2.11 bits per heavy atom. The van der Waals surface area contributed by atoms with Crippen molar-refractivity contribution >= 4 is 5.78 Å². The molecule has 18 heavy (non-hydrogen) atoms. The molecule has 0 atom stereocenters. The third-order valence-electron chi connectivity index (χ3n) is 3.59. The van der Waals surface area contributed by atoms with Crippen LogP contribution in [-0.2, 0) is 0 Å². The fourth-order valence-corrected chi connectivity index (χ4v) is 2.50. The second-order valence-electron chi connectivity index (χ2n) is 5.02. The van der Waals surface area contributed by atoms with Crippen LogP contribution in [0.15, 0.2) is 18.2 Å². The Kier molecular flexibility index (Phi) is 4.37. The second-order valence-corrected chi connectivity index (χ2v) is 5.02. The fraction of sp³-hybridized carbons (Fsp3) is 0.533. The summed E-state index contributed by atoms with van der Waals surface area (Å²) in [6, 6.07) is 5.79. The topological polar surface area (TPSA) is 38.3 Å². The van der Waals surface area contributed by atoms with E-state index >= 15 is 0 Å². The third kappa shape index (κ3) is 3.10. The molecule has 3 heteroatoms. The maximum atomic E-state index is 12.3. The summed E-state index contributed by atoms with van der Waals surface area (Å²) in [5.41, 5.74) is 1.83. The van der Waals surface area contributed by atoms with Gasteiger partial charge in [-0.3, -0.25) is 4.79 Å². The molecular weight excluding hydrogens is 226 g/mol. The molecule has 0 saturated carbocycles. The third-order valence-corrected chi connectivity index (χ3v) is 3.59. The highest BCUT2D eigenvalue weighted by molar-refractivity contribution is 5.99. The molecule has 1 aliphatic rings. The number of methoxy groups -OCH3 is 1. The van der Waals surface area contributed by atoms with Gasteiger partial charge in [-0.2, -0.15) is 0 Å². The van der Waals surface area contributed by atoms with Crippen molar-refractivity contribution in [2.45, 2.75) is 26.2 Å². The van der Waals surface area contributed by atoms with Crippen molar-refractivity contribution in [1.29, 1.82) is 0 Å². The number of piperidine rings is 1. The molecule has 0 spiro atoms. The number of carbonyl (C=O) groups is 1. The first-order valence-electron chi connectivity index (χ1n) is 6.59. The minimum atomic E-state index is 0.211. The van der Waals surface area contributed by atoms with E-state index in [1.54, 1.807) is 7.11 Å². The van der Waals surface area contributed by atoms with Crippen LogP contribution < -0.4 is 10.1 Å². The number of Topliss-reactive ketones (excluding diaryl/α,β-unsaturated/α-hetero) is 1. The monoisotopic (exact) mass is 247 g/mol. The number of hydrogen-bond acceptors (Lipinski definition) is 3. The van der Waals surface area contributed by atoms with E-state index in [-0.39, 0.29) is 5.78 Å². The highest BCUT2D eigenvalue weighted by Gasteiger charge is 2.20. The highest BCUT2D eigenvalue weighted by atomic mass is 16.5. The average Bonchev–Trinajstić information content (AvgIpc) is 2.40. The van der Waals surface area contributed by atoms with E-state index in [4.69, 9.17) is 4.74 Å². The van der Waals surface area contributed by atoms with Crippen LogP contribution in [0.3, 0.4) is 0 Å². The summed E-state index contributed by atoms with van der Waals surface area (Å²) in [5.74, 6) is 1.42. The van der Waals surface area contributed by atoms with Gasteiger partial charge in [0.2, 0.25) is 0 Å². The molecule has 1 aromatic rings. The summed E-state index contributed by atoms with van der Waals surface area (Å²) in [7, 11) is 1.62. The largest absolute Gasteiger partial charge is 0.496 e. The molecule has 1 heterocycles. The fourth-order valence-electron chi connectivity index (χ4n) is 2.50. The number of ketones is 1. The maximum Gasteiger partial charge on any atom is 0.166 e. The molecule has 0 amide bonds. The molecular formula is C15H21NO2. The van der Waals surface area contributed by atoms with Gasteiger partial charge < -0.3 is 10.1 Å². The zero-order valence-electron chi connectivity index (χ0n) is 11.2. The molecule has 0 aromatic heterocycles. The summed E-state index contributed by atoms with van der Waals surface area (Å²) in [6.45, 7) is 4.06. The molecule has 3 nitrogen and oxygen atoms in total. The maximum absolute atomic E-state index is 12.3. The minimum Gasteiger partial charge on any atom is -0.496 e. The van der Waals surface area contributed by atoms with Gasteiger partial charge in [-0.25, -0.2) is 0 Å². The van der Waals surface area contributed by atoms with Crippen molar-refractivity contribution in [3.8, 4) is 5.75 Å². The van der Waals surface area contributed by atoms with Crippen molar-refractivity contribution < 1.29 is 9.53 Å². The van der Waals surface area contributed by atoms with Gasteiger partial charge in [0.1, 0.15) is 5.75 Å². The number of rotatable bonds is 4. The SMILES string of the molecule is COc1ccc(C)cc1C(=O)CC1CCNCC1. The van der Waals surface area contributed by atoms with Crippen LogP contribution in [0.25, 0.3) is 0 Å². The van der Waals surface area contributed by atoms with Crippen molar-refractivity contribution in [3.63, 3.8) is 0 Å². The highest BCUT2D eigenvalue weighted by Crippen LogP contribution is 2.25. The molecule has 0 aliphatic carbocycles. The molecule has 0 bridgehead atoms. The van der Waals surface area contributed by atoms with E-state index in [0.717, 1.165) is 37.1 Å². The molecule has 0 radical (unpaired) electrons. The van der Waals surface area contributed by atoms with Gasteiger partial charge in [-0.15, -0.1) is 0 Å². The number of nitrogens with one attached hydrogen (secondary N) is 1. The Balaban J connectivity index is 2.09. The van der Waals surface area contributed by atoms with E-state index in [2.05, 4.69) is 5.32 Å². The summed E-state index contributed by atoms with van der Waals surface area (Å²) in [4.78, 5) is 12.3. The van der Waals surface area contributed by atoms with E-state index in [9.17, 15) is 4.79 Å². The predicted molar refractivity (Wildman–Crippen MR) is 72.3 cm³/mol. The van der Waals surface area contributed by atoms with Gasteiger partial charge >= 0.3 is 0 Å². The Hall–Kier alpha value is -1.35. The van der Waals surface area contributed by atoms with Crippen LogP contribution in [0.1, 0.15) is 35.2 Å². The molecule has 98 valence electrons. The second kappa shape index (κ2) is 6.01. The molecule has 1 saturated heterocycles. The normalized spacial score (nSPS) is 16.6. The van der Waals surface area contributed by atoms with Crippen LogP contribution in [0.2, 0.25) is 0 Å². The Bertz CT molecular complexity index is 423. The number of benzene rings is 1. The quantitative estimate of drug-likeness (QED) is 0.831. The smallest absolute Gasteiger partial charge is 0.166 e. The van der Waals surface area contributed by atoms with Crippen molar-refractivity contribution in [3.05, 3.63) is 29.3 Å². The van der Waals surface area contributed by atoms with Crippen molar-refractivity contribution in [2.75, 3.05) is 20.2 Å². The summed E-state index contributed by atoms with van der Waals surface area (Å²) in [6.07, 6.45) is 2.83. The van der Waals surface area contributed by atoms with Crippen molar-refractivity contribution in [2.24, 2.45) is 5.92 Å². The van der Waals surface area contributed by atoms with Gasteiger partial charge in [-0.1, -0.05) is 11.6 Å². The Labute approximate surface area is 109 Å². The van der Waals surface area contributed by atoms with Gasteiger partial charge in [0, 0.05) is 6.42 Å². The molecule has 2 rings (SSSR count). The van der Waals surface area contributed by atoms with E-state index < -0.39 is 0 Å². The van der Waals surface area contributed by atoms with Crippen molar-refractivity contribution in [1.82, 2.24) is 5.32 Å². The zero-order valence-corrected chi connectivity index (χ0v) is 11.2. The Morgan fingerprint density at radius 1 is 1.39 bits per heavy atom. The first kappa shape index (κ1) is 13.1. The summed E-state index contributed by atoms with van der Waals surface area (Å²) < 4.78 is 5.28. The van der Waals surface area contributed by atoms with E-state index in [0.29, 0.717) is 18.1 Å². The predicted octanol–water partition coefficient (Wildman–Crippen LogP) is 2.58. The lowest BCUT2D eigenvalue weighted by Gasteiger charge is -2.22. The first-order valence-corrected chi connectivity index (χ1v) is 6.59. The number of carbonyl (C=O) groups excluding carboxylic acids is 1. The van der Waals surface area contributed by atoms with Gasteiger partial charge in [0.15, 0.2) is 5.78 Å². The van der Waals surface area contributed by atoms with Crippen LogP contribution in [0, 0.1) is 12.8 Å². The molecule has 1 N–H and O–H groups in total. The average molecular weight is 247 g/mol. The molecule has 1 fully saturated rings. The lowest BCUT2D eigenvalue weighted by Crippen LogP contribution is -2.29. The van der Waals surface area contributed by atoms with Crippen LogP contribution in [0.4, 0.5) is 0 Å². The minimum absolute atomic E-state index is 0.211. The van der Waals surface area contributed by atoms with Crippen LogP contribution in [0.5, 0.6) is 5.75 Å². The lowest BCUT2D eigenvalue weighted by molar-refractivity contribution is 0.0949. The first-order chi connectivity index (χ1) is 8.70. The number of aryl methyl sites for hydroxylation is 1. The molecule has 1 aliphatic heterocycles. The zero-order chi connectivity index (χ0) is 13.0. The van der Waals surface area contributed by atoms with E-state index in [1.807, 2.05) is 25.1 Å². The van der Waals surface area contributed by atoms with Crippen LogP contribution in [-0.4, -0.2) is 26.0 Å². The lowest BCUT2D eigenvalue weighted by atomic mass is 9.90. The van der Waals surface area contributed by atoms with Gasteiger partial charge in [0.25, 0.3) is 0 Å². The Morgan fingerprint density at radius 3 is 2.78 bits per heavy atom. The number of hydrogen-bond donors (Lipinski definition) is 1. The summed E-state index contributed by atoms with van der Waals surface area (Å²) >= 11 is 0. The van der Waals surface area contributed by atoms with E-state index in [1.165, 1.54) is 0 Å². The standard InChI is InChI=1S/C15H21NO2/c1-11-3-4-15(18-2)13(9-11)14(17)10-12-5-7-16-8-6-12/h3-4,9,12,16H,5-8,10H2,1-2H3.